The number of nitrogens with one attached hydrogen (secondary N) is 1. The fourth-order valence-electron chi connectivity index (χ4n) is 2.36. The summed E-state index contributed by atoms with van der Waals surface area (Å²) in [7, 11) is 0. The molecular weight excluding hydrogens is 220 g/mol. The van der Waals surface area contributed by atoms with E-state index in [4.69, 9.17) is 0 Å². The maximum absolute atomic E-state index is 3.44. The molecule has 1 aliphatic rings. The molecule has 0 aliphatic carbocycles. The molecule has 1 saturated heterocycles. The van der Waals surface area contributed by atoms with Crippen LogP contribution in [-0.2, 0) is 0 Å². The summed E-state index contributed by atoms with van der Waals surface area (Å²) >= 11 is 0. The first-order chi connectivity index (χ1) is 7.09. The maximum atomic E-state index is 3.44. The number of hydrogen-bond acceptors (Lipinski definition) is 2. The van der Waals surface area contributed by atoms with E-state index >= 15 is 0 Å². The summed E-state index contributed by atoms with van der Waals surface area (Å²) in [5.74, 6) is 1.71. The smallest absolute Gasteiger partial charge is 0.00388 e. The van der Waals surface area contributed by atoms with E-state index in [1.54, 1.807) is 0 Å². The van der Waals surface area contributed by atoms with Crippen LogP contribution in [0.5, 0.6) is 0 Å². The number of halogens is 1. The molecule has 1 N–H and O–H groups in total. The van der Waals surface area contributed by atoms with Gasteiger partial charge in [-0.1, -0.05) is 13.8 Å². The van der Waals surface area contributed by atoms with Crippen LogP contribution in [0.25, 0.3) is 0 Å². The lowest BCUT2D eigenvalue weighted by Gasteiger charge is -2.33. The van der Waals surface area contributed by atoms with Gasteiger partial charge in [-0.25, -0.2) is 0 Å². The van der Waals surface area contributed by atoms with Crippen LogP contribution < -0.4 is 5.32 Å². The molecule has 0 unspecified atom stereocenters. The summed E-state index contributed by atoms with van der Waals surface area (Å²) < 4.78 is 0. The third-order valence-corrected chi connectivity index (χ3v) is 3.28. The quantitative estimate of drug-likeness (QED) is 0.805. The highest BCUT2D eigenvalue weighted by molar-refractivity contribution is 5.85. The van der Waals surface area contributed by atoms with Crippen molar-refractivity contribution in [2.45, 2.75) is 46.6 Å². The Morgan fingerprint density at radius 3 is 2.12 bits per heavy atom. The topological polar surface area (TPSA) is 15.3 Å². The maximum Gasteiger partial charge on any atom is 0.00388 e. The van der Waals surface area contributed by atoms with E-state index < -0.39 is 0 Å². The number of piperidine rings is 1. The van der Waals surface area contributed by atoms with Crippen molar-refractivity contribution in [3.05, 3.63) is 0 Å². The summed E-state index contributed by atoms with van der Waals surface area (Å²) in [6.45, 7) is 14.3. The van der Waals surface area contributed by atoms with Gasteiger partial charge in [-0.05, 0) is 51.6 Å². The van der Waals surface area contributed by atoms with Gasteiger partial charge in [-0.15, -0.1) is 12.4 Å². The van der Waals surface area contributed by atoms with E-state index in [0.29, 0.717) is 6.04 Å². The van der Waals surface area contributed by atoms with Gasteiger partial charge in [-0.2, -0.15) is 0 Å². The van der Waals surface area contributed by atoms with Crippen LogP contribution in [0, 0.1) is 11.8 Å². The van der Waals surface area contributed by atoms with Crippen molar-refractivity contribution in [1.82, 2.24) is 10.2 Å². The Hall–Kier alpha value is 0.210. The zero-order valence-electron chi connectivity index (χ0n) is 11.3. The molecule has 3 heteroatoms. The van der Waals surface area contributed by atoms with Crippen LogP contribution in [0.1, 0.15) is 40.5 Å². The lowest BCUT2D eigenvalue weighted by Crippen LogP contribution is -2.41. The molecule has 0 aromatic rings. The number of nitrogens with zero attached hydrogens (tertiary/aromatic N) is 1. The lowest BCUT2D eigenvalue weighted by molar-refractivity contribution is 0.153. The Morgan fingerprint density at radius 1 is 1.12 bits per heavy atom. The fraction of sp³-hybridized carbons (Fsp3) is 1.00. The van der Waals surface area contributed by atoms with Gasteiger partial charge >= 0.3 is 0 Å². The zero-order valence-corrected chi connectivity index (χ0v) is 12.1. The monoisotopic (exact) mass is 248 g/mol. The Kier molecular flexibility index (Phi) is 8.43. The van der Waals surface area contributed by atoms with Crippen molar-refractivity contribution in [1.29, 1.82) is 0 Å². The van der Waals surface area contributed by atoms with Crippen LogP contribution >= 0.6 is 12.4 Å². The highest BCUT2D eigenvalue weighted by Crippen LogP contribution is 2.16. The van der Waals surface area contributed by atoms with Crippen LogP contribution in [0.2, 0.25) is 0 Å². The summed E-state index contributed by atoms with van der Waals surface area (Å²) in [6.07, 6.45) is 2.72. The Morgan fingerprint density at radius 2 is 1.69 bits per heavy atom. The molecule has 0 radical (unpaired) electrons. The minimum atomic E-state index is 0. The minimum Gasteiger partial charge on any atom is -0.317 e. The highest BCUT2D eigenvalue weighted by atomic mass is 35.5. The van der Waals surface area contributed by atoms with Crippen molar-refractivity contribution in [2.75, 3.05) is 26.2 Å². The minimum absolute atomic E-state index is 0. The van der Waals surface area contributed by atoms with Gasteiger partial charge in [0.05, 0.1) is 0 Å². The molecule has 0 aromatic carbocycles. The van der Waals surface area contributed by atoms with Crippen molar-refractivity contribution in [2.24, 2.45) is 11.8 Å². The molecular formula is C13H29ClN2. The summed E-state index contributed by atoms with van der Waals surface area (Å²) in [5.41, 5.74) is 0. The molecule has 0 bridgehead atoms. The van der Waals surface area contributed by atoms with Gasteiger partial charge in [0.2, 0.25) is 0 Å². The molecule has 0 saturated carbocycles. The third kappa shape index (κ3) is 6.07. The third-order valence-electron chi connectivity index (χ3n) is 3.28. The van der Waals surface area contributed by atoms with Gasteiger partial charge in [0.1, 0.15) is 0 Å². The molecule has 1 aliphatic heterocycles. The van der Waals surface area contributed by atoms with Crippen LogP contribution in [0.15, 0.2) is 0 Å². The van der Waals surface area contributed by atoms with E-state index in [2.05, 4.69) is 37.9 Å². The summed E-state index contributed by atoms with van der Waals surface area (Å²) in [5, 5.41) is 3.44. The second kappa shape index (κ2) is 8.32. The first-order valence-corrected chi connectivity index (χ1v) is 6.54. The van der Waals surface area contributed by atoms with Gasteiger partial charge in [0, 0.05) is 19.1 Å². The van der Waals surface area contributed by atoms with Crippen molar-refractivity contribution in [3.63, 3.8) is 0 Å². The standard InChI is InChI=1S/C13H28N2.ClH/c1-11(2)9-15(12(3)4)10-13-5-7-14-8-6-13;/h11-14H,5-10H2,1-4H3;1H. The predicted octanol–water partition coefficient (Wildman–Crippen LogP) is 2.77. The largest absolute Gasteiger partial charge is 0.317 e. The molecule has 16 heavy (non-hydrogen) atoms. The van der Waals surface area contributed by atoms with E-state index in [1.165, 1.54) is 39.0 Å². The molecule has 0 atom stereocenters. The molecule has 0 amide bonds. The highest BCUT2D eigenvalue weighted by Gasteiger charge is 2.19. The number of hydrogen-bond donors (Lipinski definition) is 1. The van der Waals surface area contributed by atoms with Crippen molar-refractivity contribution < 1.29 is 0 Å². The van der Waals surface area contributed by atoms with Crippen LogP contribution in [0.3, 0.4) is 0 Å². The average molecular weight is 249 g/mol. The normalized spacial score (nSPS) is 18.2. The molecule has 0 aromatic heterocycles. The van der Waals surface area contributed by atoms with Gasteiger partial charge in [0.25, 0.3) is 0 Å². The SMILES string of the molecule is CC(C)CN(CC1CCNCC1)C(C)C.Cl. The van der Waals surface area contributed by atoms with E-state index in [9.17, 15) is 0 Å². The average Bonchev–Trinajstić information content (AvgIpc) is 2.17. The molecule has 2 nitrogen and oxygen atoms in total. The van der Waals surface area contributed by atoms with Crippen LogP contribution in [-0.4, -0.2) is 37.1 Å². The molecule has 1 fully saturated rings. The zero-order chi connectivity index (χ0) is 11.3. The number of rotatable bonds is 5. The molecule has 1 rings (SSSR count). The van der Waals surface area contributed by atoms with Gasteiger partial charge < -0.3 is 10.2 Å². The fourth-order valence-corrected chi connectivity index (χ4v) is 2.36. The second-order valence-electron chi connectivity index (χ2n) is 5.63. The van der Waals surface area contributed by atoms with Crippen molar-refractivity contribution >= 4 is 12.4 Å². The van der Waals surface area contributed by atoms with E-state index in [1.807, 2.05) is 0 Å². The molecule has 1 heterocycles. The predicted molar refractivity (Wildman–Crippen MR) is 74.4 cm³/mol. The molecule has 0 spiro atoms. The van der Waals surface area contributed by atoms with Gasteiger partial charge in [-0.3, -0.25) is 0 Å². The van der Waals surface area contributed by atoms with Gasteiger partial charge in [0.15, 0.2) is 0 Å². The van der Waals surface area contributed by atoms with Crippen molar-refractivity contribution in [3.8, 4) is 0 Å². The lowest BCUT2D eigenvalue weighted by atomic mass is 9.96. The Labute approximate surface area is 108 Å². The summed E-state index contributed by atoms with van der Waals surface area (Å²) in [6, 6.07) is 0.697. The Bertz CT molecular complexity index is 165. The second-order valence-corrected chi connectivity index (χ2v) is 5.63. The first-order valence-electron chi connectivity index (χ1n) is 6.54. The van der Waals surface area contributed by atoms with E-state index in [-0.39, 0.29) is 12.4 Å². The summed E-state index contributed by atoms with van der Waals surface area (Å²) in [4.78, 5) is 2.65. The first kappa shape index (κ1) is 16.2. The molecule has 98 valence electrons. The van der Waals surface area contributed by atoms with Crippen LogP contribution in [0.4, 0.5) is 0 Å². The van der Waals surface area contributed by atoms with E-state index in [0.717, 1.165) is 11.8 Å². The Balaban J connectivity index is 0.00000225.